The second-order valence-corrected chi connectivity index (χ2v) is 10.3. The Labute approximate surface area is 223 Å². The molecule has 5 aromatic rings. The van der Waals surface area contributed by atoms with Crippen LogP contribution in [0.3, 0.4) is 0 Å². The van der Waals surface area contributed by atoms with Gasteiger partial charge in [-0.3, -0.25) is 9.36 Å². The van der Waals surface area contributed by atoms with E-state index in [2.05, 4.69) is 47.5 Å². The highest BCUT2D eigenvalue weighted by Gasteiger charge is 2.44. The number of fused-ring (bicyclic) bond motifs is 1. The second kappa shape index (κ2) is 9.21. The summed E-state index contributed by atoms with van der Waals surface area (Å²) >= 11 is 6.10. The van der Waals surface area contributed by atoms with E-state index in [4.69, 9.17) is 16.6 Å². The minimum Gasteiger partial charge on any atom is -0.364 e. The van der Waals surface area contributed by atoms with Crippen LogP contribution in [-0.2, 0) is 11.3 Å². The van der Waals surface area contributed by atoms with E-state index in [1.807, 2.05) is 35.0 Å². The van der Waals surface area contributed by atoms with Gasteiger partial charge in [0, 0.05) is 29.4 Å². The third-order valence-electron chi connectivity index (χ3n) is 7.12. The minimum absolute atomic E-state index is 0.0482. The summed E-state index contributed by atoms with van der Waals surface area (Å²) in [5, 5.41) is 14.8. The molecule has 2 atom stereocenters. The van der Waals surface area contributed by atoms with Crippen molar-refractivity contribution in [3.8, 4) is 5.69 Å². The van der Waals surface area contributed by atoms with Crippen LogP contribution in [-0.4, -0.2) is 40.0 Å². The maximum absolute atomic E-state index is 12.8. The number of rotatable bonds is 8. The fourth-order valence-electron chi connectivity index (χ4n) is 4.91. The molecule has 1 aromatic carbocycles. The number of imidazole rings is 1. The van der Waals surface area contributed by atoms with Gasteiger partial charge in [-0.05, 0) is 60.4 Å². The van der Waals surface area contributed by atoms with Crippen molar-refractivity contribution in [2.45, 2.75) is 37.6 Å². The monoisotopic (exact) mass is 525 g/mol. The number of halogens is 1. The molecule has 4 heterocycles. The number of aromatic nitrogens is 7. The summed E-state index contributed by atoms with van der Waals surface area (Å²) < 4.78 is 3.96. The molecule has 0 radical (unpaired) electrons. The van der Waals surface area contributed by atoms with Crippen LogP contribution in [0.2, 0.25) is 5.02 Å². The minimum atomic E-state index is -0.0850. The molecule has 2 N–H and O–H groups in total. The molecule has 2 aliphatic rings. The number of hydrogen-bond acceptors (Lipinski definition) is 7. The third-order valence-corrected chi connectivity index (χ3v) is 7.36. The van der Waals surface area contributed by atoms with Gasteiger partial charge in [0.1, 0.15) is 30.6 Å². The lowest BCUT2D eigenvalue weighted by atomic mass is 10.1. The first-order valence-corrected chi connectivity index (χ1v) is 13.0. The van der Waals surface area contributed by atoms with Crippen LogP contribution in [0, 0.1) is 5.92 Å². The fraction of sp³-hybridized carbons (Fsp3) is 0.259. The van der Waals surface area contributed by atoms with Gasteiger partial charge in [0.15, 0.2) is 5.65 Å². The fourth-order valence-corrected chi connectivity index (χ4v) is 5.10. The molecule has 2 aliphatic carbocycles. The summed E-state index contributed by atoms with van der Waals surface area (Å²) in [4.78, 5) is 26.2. The quantitative estimate of drug-likeness (QED) is 0.304. The zero-order valence-corrected chi connectivity index (χ0v) is 21.1. The Morgan fingerprint density at radius 1 is 1.03 bits per heavy atom. The average molecular weight is 526 g/mol. The molecule has 11 heteroatoms. The van der Waals surface area contributed by atoms with Crippen molar-refractivity contribution in [3.05, 3.63) is 89.6 Å². The molecule has 2 fully saturated rings. The zero-order valence-electron chi connectivity index (χ0n) is 20.3. The molecule has 0 aliphatic heterocycles. The maximum atomic E-state index is 12.8. The summed E-state index contributed by atoms with van der Waals surface area (Å²) in [7, 11) is 0. The Bertz CT molecular complexity index is 1640. The van der Waals surface area contributed by atoms with Crippen LogP contribution in [0.4, 0.5) is 11.6 Å². The molecule has 0 unspecified atom stereocenters. The molecule has 0 saturated heterocycles. The van der Waals surface area contributed by atoms with Crippen molar-refractivity contribution in [2.75, 3.05) is 10.6 Å². The van der Waals surface area contributed by atoms with Gasteiger partial charge in [-0.15, -0.1) is 10.2 Å². The molecule has 190 valence electrons. The topological polar surface area (TPSA) is 115 Å². The van der Waals surface area contributed by atoms with Gasteiger partial charge in [-0.2, -0.15) is 0 Å². The van der Waals surface area contributed by atoms with Crippen LogP contribution in [0.5, 0.6) is 0 Å². The van der Waals surface area contributed by atoms with E-state index < -0.39 is 0 Å². The van der Waals surface area contributed by atoms with Gasteiger partial charge in [0.2, 0.25) is 5.91 Å². The first-order valence-electron chi connectivity index (χ1n) is 12.6. The highest BCUT2D eigenvalue weighted by Crippen LogP contribution is 2.48. The van der Waals surface area contributed by atoms with Gasteiger partial charge in [0.25, 0.3) is 0 Å². The molecule has 7 rings (SSSR count). The van der Waals surface area contributed by atoms with E-state index >= 15 is 0 Å². The normalized spacial score (nSPS) is 18.4. The number of carbonyl (C=O) groups is 1. The van der Waals surface area contributed by atoms with Crippen LogP contribution in [0.1, 0.15) is 47.9 Å². The lowest BCUT2D eigenvalue weighted by molar-refractivity contribution is -0.117. The average Bonchev–Trinajstić information content (AvgIpc) is 3.83. The predicted molar refractivity (Wildman–Crippen MR) is 142 cm³/mol. The van der Waals surface area contributed by atoms with E-state index in [9.17, 15) is 4.79 Å². The van der Waals surface area contributed by atoms with Crippen LogP contribution in [0.15, 0.2) is 67.8 Å². The lowest BCUT2D eigenvalue weighted by Crippen LogP contribution is -2.16. The van der Waals surface area contributed by atoms with Crippen LogP contribution in [0.25, 0.3) is 11.3 Å². The van der Waals surface area contributed by atoms with Crippen LogP contribution >= 0.6 is 11.6 Å². The lowest BCUT2D eigenvalue weighted by Gasteiger charge is -2.07. The molecule has 4 aromatic heterocycles. The number of pyridine rings is 1. The number of nitrogens with zero attached hydrogens (tertiary/aromatic N) is 7. The van der Waals surface area contributed by atoms with E-state index in [1.54, 1.807) is 18.7 Å². The highest BCUT2D eigenvalue weighted by molar-refractivity contribution is 6.30. The molecule has 0 spiro atoms. The Balaban J connectivity index is 1.04. The van der Waals surface area contributed by atoms with E-state index in [1.165, 1.54) is 24.7 Å². The smallest absolute Gasteiger partial charge is 0.229 e. The van der Waals surface area contributed by atoms with Crippen molar-refractivity contribution in [3.63, 3.8) is 0 Å². The van der Waals surface area contributed by atoms with E-state index in [0.29, 0.717) is 29.1 Å². The van der Waals surface area contributed by atoms with Crippen molar-refractivity contribution in [1.29, 1.82) is 0 Å². The van der Waals surface area contributed by atoms with Crippen molar-refractivity contribution in [2.24, 2.45) is 5.92 Å². The Kier molecular flexibility index (Phi) is 5.54. The number of anilines is 2. The number of carbonyl (C=O) groups excluding carboxylic acids is 1. The first kappa shape index (κ1) is 22.9. The van der Waals surface area contributed by atoms with Crippen molar-refractivity contribution >= 4 is 34.8 Å². The Morgan fingerprint density at radius 2 is 1.87 bits per heavy atom. The summed E-state index contributed by atoms with van der Waals surface area (Å²) in [5.41, 5.74) is 5.03. The predicted octanol–water partition coefficient (Wildman–Crippen LogP) is 4.59. The molecule has 0 bridgehead atoms. The van der Waals surface area contributed by atoms with Gasteiger partial charge in [-0.1, -0.05) is 23.7 Å². The number of amides is 1. The van der Waals surface area contributed by atoms with Gasteiger partial charge >= 0.3 is 0 Å². The second-order valence-electron chi connectivity index (χ2n) is 9.90. The SMILES string of the molecule is O=C(Nc1cc(NCc2cn3cc(C4CC4)cc(-n4cnnc4)c3n2)ncn1)[C@H]1C[C@@H]1c1cccc(Cl)c1. The number of hydrogen-bond donors (Lipinski definition) is 2. The number of nitrogens with one attached hydrogen (secondary N) is 2. The number of benzene rings is 1. The summed E-state index contributed by atoms with van der Waals surface area (Å²) in [6.45, 7) is 0.464. The Hall–Kier alpha value is -4.31. The summed E-state index contributed by atoms with van der Waals surface area (Å²) in [6, 6.07) is 11.6. The van der Waals surface area contributed by atoms with Gasteiger partial charge < -0.3 is 15.0 Å². The first-order chi connectivity index (χ1) is 18.6. The van der Waals surface area contributed by atoms with Crippen LogP contribution < -0.4 is 10.6 Å². The van der Waals surface area contributed by atoms with Crippen molar-refractivity contribution in [1.82, 2.24) is 34.1 Å². The standard InChI is InChI=1S/C27H24ClN9O/c28-19-3-1-2-17(6-19)21-8-22(21)27(38)35-25-9-24(30-13-31-25)29-10-20-12-36-11-18(16-4-5-16)7-23(26(36)34-20)37-14-32-33-15-37/h1-3,6-7,9,11-16,21-22H,4-5,8,10H2,(H2,29,30,31,35,38)/t21-,22+/m1/s1. The van der Waals surface area contributed by atoms with E-state index in [0.717, 1.165) is 29.0 Å². The summed E-state index contributed by atoms with van der Waals surface area (Å²) in [6.07, 6.45) is 12.2. The molecule has 10 nitrogen and oxygen atoms in total. The maximum Gasteiger partial charge on any atom is 0.229 e. The largest absolute Gasteiger partial charge is 0.364 e. The highest BCUT2D eigenvalue weighted by atomic mass is 35.5. The van der Waals surface area contributed by atoms with E-state index in [-0.39, 0.29) is 17.7 Å². The molecular formula is C27H24ClN9O. The van der Waals surface area contributed by atoms with Crippen molar-refractivity contribution < 1.29 is 4.79 Å². The molecular weight excluding hydrogens is 502 g/mol. The molecule has 38 heavy (non-hydrogen) atoms. The van der Waals surface area contributed by atoms with Gasteiger partial charge in [-0.25, -0.2) is 15.0 Å². The zero-order chi connectivity index (χ0) is 25.6. The summed E-state index contributed by atoms with van der Waals surface area (Å²) in [5.74, 6) is 1.72. The van der Waals surface area contributed by atoms with Gasteiger partial charge in [0.05, 0.1) is 17.9 Å². The third kappa shape index (κ3) is 4.58. The Morgan fingerprint density at radius 3 is 2.68 bits per heavy atom. The molecule has 1 amide bonds. The molecule has 2 saturated carbocycles.